The van der Waals surface area contributed by atoms with E-state index in [0.717, 1.165) is 12.5 Å². The van der Waals surface area contributed by atoms with E-state index in [2.05, 4.69) is 56.2 Å². The van der Waals surface area contributed by atoms with Gasteiger partial charge in [-0.2, -0.15) is 5.26 Å². The van der Waals surface area contributed by atoms with E-state index < -0.39 is 74.9 Å². The Hall–Kier alpha value is -7.27. The second kappa shape index (κ2) is 18.4. The van der Waals surface area contributed by atoms with Crippen LogP contribution < -0.4 is 21.3 Å². The Bertz CT molecular complexity index is 3580. The zero-order chi connectivity index (χ0) is 50.9. The monoisotopic (exact) mass is 1030 g/mol. The van der Waals surface area contributed by atoms with Gasteiger partial charge in [0.2, 0.25) is 5.91 Å². The number of halogens is 4. The quantitative estimate of drug-likeness (QED) is 0.0556. The lowest BCUT2D eigenvalue weighted by molar-refractivity contribution is -0.145. The number of benzene rings is 2. The summed E-state index contributed by atoms with van der Waals surface area (Å²) in [7, 11) is -7.78. The van der Waals surface area contributed by atoms with Crippen LogP contribution in [0.1, 0.15) is 72.8 Å². The SMILES string of the molecule is Cc1nc2c(Nc3ccc([C@@H]4CC(C5CC5C(=O)Nc5cc(Nc6ccc(C7CCC(F)(F)CO7)cc6S(C)(=O)=O)c6nc(C(F)F)[nH]c6n5)CO4)cc3S(C)(=O)=O)cc(Nc3cccc(C#N)n3)nc2[nH]1. The van der Waals surface area contributed by atoms with Gasteiger partial charge >= 0.3 is 0 Å². The number of nitrogens with zero attached hydrogens (tertiary/aromatic N) is 6. The summed E-state index contributed by atoms with van der Waals surface area (Å²) >= 11 is 0. The van der Waals surface area contributed by atoms with E-state index in [1.165, 1.54) is 24.3 Å². The van der Waals surface area contributed by atoms with E-state index >= 15 is 0 Å². The summed E-state index contributed by atoms with van der Waals surface area (Å²) in [6.45, 7) is 1.25. The van der Waals surface area contributed by atoms with Crippen molar-refractivity contribution in [1.82, 2.24) is 34.9 Å². The van der Waals surface area contributed by atoms with E-state index in [9.17, 15) is 44.5 Å². The van der Waals surface area contributed by atoms with Crippen LogP contribution in [0.15, 0.2) is 76.5 Å². The number of hydrogen-bond donors (Lipinski definition) is 6. The molecule has 2 aromatic carbocycles. The van der Waals surface area contributed by atoms with Crippen LogP contribution in [0, 0.1) is 36.0 Å². The number of fused-ring (bicyclic) bond motifs is 2. The minimum Gasteiger partial charge on any atom is -0.373 e. The molecule has 0 radical (unpaired) electrons. The molecule has 72 heavy (non-hydrogen) atoms. The largest absolute Gasteiger partial charge is 0.373 e. The highest BCUT2D eigenvalue weighted by Gasteiger charge is 2.50. The first-order chi connectivity index (χ1) is 34.2. The predicted octanol–water partition coefficient (Wildman–Crippen LogP) is 8.62. The van der Waals surface area contributed by atoms with Gasteiger partial charge in [-0.1, -0.05) is 18.2 Å². The number of alkyl halides is 4. The fourth-order valence-corrected chi connectivity index (χ4v) is 11.0. The minimum absolute atomic E-state index is 0.00964. The van der Waals surface area contributed by atoms with Gasteiger partial charge in [-0.05, 0) is 85.5 Å². The third-order valence-corrected chi connectivity index (χ3v) is 15.1. The van der Waals surface area contributed by atoms with Crippen LogP contribution in [0.5, 0.6) is 0 Å². The molecular weight excluding hydrogens is 985 g/mol. The Balaban J connectivity index is 0.841. The van der Waals surface area contributed by atoms with E-state index in [1.807, 2.05) is 6.07 Å². The summed E-state index contributed by atoms with van der Waals surface area (Å²) in [6.07, 6.45) is -1.70. The van der Waals surface area contributed by atoms with E-state index in [4.69, 9.17) is 9.47 Å². The highest BCUT2D eigenvalue weighted by molar-refractivity contribution is 7.91. The molecule has 0 spiro atoms. The summed E-state index contributed by atoms with van der Waals surface area (Å²) in [6, 6.07) is 19.2. The lowest BCUT2D eigenvalue weighted by atomic mass is 9.95. The fourth-order valence-electron chi connectivity index (χ4n) is 9.24. The van der Waals surface area contributed by atoms with Crippen LogP contribution >= 0.6 is 0 Å². The maximum Gasteiger partial charge on any atom is 0.295 e. The van der Waals surface area contributed by atoms with Gasteiger partial charge in [-0.25, -0.2) is 59.3 Å². The highest BCUT2D eigenvalue weighted by atomic mass is 32.2. The molecule has 5 atom stereocenters. The van der Waals surface area contributed by atoms with E-state index in [1.54, 1.807) is 49.4 Å². The van der Waals surface area contributed by atoms with Gasteiger partial charge in [0.1, 0.15) is 52.7 Å². The van der Waals surface area contributed by atoms with Gasteiger partial charge in [0.05, 0.1) is 51.4 Å². The van der Waals surface area contributed by atoms with Crippen molar-refractivity contribution in [3.8, 4) is 6.07 Å². The first-order valence-corrected chi connectivity index (χ1v) is 26.3. The molecule has 2 aliphatic heterocycles. The van der Waals surface area contributed by atoms with Gasteiger partial charge < -0.3 is 40.7 Å². The third kappa shape index (κ3) is 10.1. The van der Waals surface area contributed by atoms with Crippen molar-refractivity contribution >= 4 is 88.1 Å². The summed E-state index contributed by atoms with van der Waals surface area (Å²) in [4.78, 5) is 40.9. The Morgan fingerprint density at radius 3 is 2.04 bits per heavy atom. The average molecular weight is 1030 g/mol. The maximum atomic E-state index is 13.9. The number of sulfone groups is 2. The van der Waals surface area contributed by atoms with E-state index in [0.29, 0.717) is 64.9 Å². The highest BCUT2D eigenvalue weighted by Crippen LogP contribution is 2.51. The van der Waals surface area contributed by atoms with Crippen molar-refractivity contribution in [2.24, 2.45) is 17.8 Å². The number of imidazole rings is 2. The van der Waals surface area contributed by atoms with Gasteiger partial charge in [0, 0.05) is 37.0 Å². The molecule has 1 aliphatic carbocycles. The van der Waals surface area contributed by atoms with Crippen LogP contribution in [0.25, 0.3) is 22.3 Å². The smallest absolute Gasteiger partial charge is 0.295 e. The van der Waals surface area contributed by atoms with Gasteiger partial charge in [0.25, 0.3) is 12.3 Å². The molecular formula is C47H44F4N12O7S2. The molecule has 1 amide bonds. The number of aryl methyl sites for hydroxylation is 1. The number of hydrogen-bond acceptors (Lipinski definition) is 16. The van der Waals surface area contributed by atoms with Crippen molar-refractivity contribution < 1.29 is 48.7 Å². The van der Waals surface area contributed by atoms with Crippen LogP contribution in [-0.4, -0.2) is 89.3 Å². The lowest BCUT2D eigenvalue weighted by Crippen LogP contribution is -2.31. The molecule has 7 aromatic rings. The maximum absolute atomic E-state index is 13.9. The van der Waals surface area contributed by atoms with Crippen molar-refractivity contribution in [1.29, 1.82) is 5.26 Å². The number of carbonyl (C=O) groups is 1. The van der Waals surface area contributed by atoms with Crippen molar-refractivity contribution in [2.75, 3.05) is 47.0 Å². The number of ether oxygens (including phenoxy) is 2. The Labute approximate surface area is 408 Å². The number of rotatable bonds is 14. The summed E-state index contributed by atoms with van der Waals surface area (Å²) < 4.78 is 120. The zero-order valence-electron chi connectivity index (χ0n) is 38.4. The predicted molar refractivity (Wildman–Crippen MR) is 255 cm³/mol. The minimum atomic E-state index is -3.96. The number of nitrogens with one attached hydrogen (secondary N) is 6. The molecule has 6 N–H and O–H groups in total. The molecule has 374 valence electrons. The van der Waals surface area contributed by atoms with Gasteiger partial charge in [-0.15, -0.1) is 0 Å². The number of amides is 1. The Kier molecular flexibility index (Phi) is 12.4. The first-order valence-electron chi connectivity index (χ1n) is 22.5. The lowest BCUT2D eigenvalue weighted by Gasteiger charge is -2.29. The van der Waals surface area contributed by atoms with Crippen molar-refractivity contribution in [3.63, 3.8) is 0 Å². The zero-order valence-corrected chi connectivity index (χ0v) is 40.1. The molecule has 3 fully saturated rings. The third-order valence-electron chi connectivity index (χ3n) is 12.8. The van der Waals surface area contributed by atoms with Gasteiger partial charge in [-0.3, -0.25) is 4.79 Å². The Morgan fingerprint density at radius 1 is 0.764 bits per heavy atom. The van der Waals surface area contributed by atoms with E-state index in [-0.39, 0.29) is 67.8 Å². The standard InChI is InChI=1S/C47H44F4N12O7S2/c1-22-53-40-31(17-38(59-43(40)54-22)58-37-6-4-5-26(19-52)55-37)56-30-10-8-24(15-36(30)72(3,67)68)34-13-25(20-69-34)27-16-28(27)46(64)61-39-18-32(41-44(60-39)63-45(62-41)42(48)49)57-29-9-7-23(14-35(29)71(2,65)66)33-11-12-47(50,51)21-70-33/h4-10,14-15,17-18,25,27-28,33-34,42H,11-13,16,20-21H2,1-3H3,(H3,53,54,55,56,58,59)(H3,57,60,61,62,63,64)/t25?,27?,28?,33?,34-/m0/s1. The number of carbonyl (C=O) groups excluding carboxylic acids is 1. The number of aromatic nitrogens is 7. The Morgan fingerprint density at radius 2 is 1.40 bits per heavy atom. The average Bonchev–Trinajstić information content (AvgIpc) is 3.57. The summed E-state index contributed by atoms with van der Waals surface area (Å²) in [5.41, 5.74) is 2.68. The number of anilines is 7. The molecule has 0 bridgehead atoms. The van der Waals surface area contributed by atoms with Crippen LogP contribution in [-0.2, 0) is 33.9 Å². The molecule has 10 rings (SSSR count). The number of aromatic amines is 2. The molecule has 5 aromatic heterocycles. The first kappa shape index (κ1) is 48.4. The number of nitriles is 1. The van der Waals surface area contributed by atoms with Crippen molar-refractivity contribution in [2.45, 2.75) is 67.0 Å². The molecule has 25 heteroatoms. The van der Waals surface area contributed by atoms with Crippen LogP contribution in [0.4, 0.5) is 57.8 Å². The number of H-pyrrole nitrogens is 2. The summed E-state index contributed by atoms with van der Waals surface area (Å²) in [5, 5.41) is 21.4. The molecule has 7 heterocycles. The van der Waals surface area contributed by atoms with Crippen molar-refractivity contribution in [3.05, 3.63) is 95.2 Å². The second-order valence-corrected chi connectivity index (χ2v) is 22.2. The fraction of sp³-hybridized carbons (Fsp3) is 0.340. The number of pyridine rings is 3. The molecule has 1 saturated carbocycles. The van der Waals surface area contributed by atoms with Crippen LogP contribution in [0.2, 0.25) is 0 Å². The normalized spacial score (nSPS) is 20.9. The topological polar surface area (TPSA) is 272 Å². The van der Waals surface area contributed by atoms with Crippen LogP contribution in [0.3, 0.4) is 0 Å². The summed E-state index contributed by atoms with van der Waals surface area (Å²) in [5.74, 6) is -3.49. The second-order valence-electron chi connectivity index (χ2n) is 18.2. The van der Waals surface area contributed by atoms with Gasteiger partial charge in [0.15, 0.2) is 36.8 Å². The molecule has 4 unspecified atom stereocenters. The molecule has 2 saturated heterocycles. The molecule has 3 aliphatic rings. The molecule has 19 nitrogen and oxygen atoms in total.